The maximum absolute atomic E-state index is 10.3. The molecule has 12 heavy (non-hydrogen) atoms. The second-order valence-electron chi connectivity index (χ2n) is 2.25. The van der Waals surface area contributed by atoms with Gasteiger partial charge in [-0.15, -0.1) is 0 Å². The number of carbonyl (C=O) groups excluding carboxylic acids is 2. The van der Waals surface area contributed by atoms with Crippen molar-refractivity contribution in [1.82, 2.24) is 0 Å². The first-order valence-corrected chi connectivity index (χ1v) is 3.58. The molecule has 0 saturated heterocycles. The first-order valence-electron chi connectivity index (χ1n) is 3.58. The lowest BCUT2D eigenvalue weighted by atomic mass is 10.3. The fourth-order valence-electron chi connectivity index (χ4n) is 0.562. The highest BCUT2D eigenvalue weighted by Gasteiger charge is 1.86. The van der Waals surface area contributed by atoms with Crippen molar-refractivity contribution >= 4 is 12.3 Å². The van der Waals surface area contributed by atoms with Gasteiger partial charge in [-0.3, -0.25) is 9.59 Å². The first kappa shape index (κ1) is 10.6. The van der Waals surface area contributed by atoms with Crippen molar-refractivity contribution in [3.05, 3.63) is 23.8 Å². The first-order chi connectivity index (χ1) is 5.66. The van der Waals surface area contributed by atoms with E-state index in [1.54, 1.807) is 19.1 Å². The predicted octanol–water partition coefficient (Wildman–Crippen LogP) is 1.25. The van der Waals surface area contributed by atoms with E-state index in [9.17, 15) is 9.59 Å². The maximum atomic E-state index is 10.3. The van der Waals surface area contributed by atoms with Gasteiger partial charge in [0.2, 0.25) is 0 Å². The highest BCUT2D eigenvalue weighted by atomic mass is 16.5. The fraction of sp³-hybridized carbons (Fsp3) is 0.333. The van der Waals surface area contributed by atoms with Crippen LogP contribution in [-0.2, 0) is 14.3 Å². The molecule has 3 heteroatoms. The molecule has 0 amide bonds. The number of hydrogen-bond donors (Lipinski definition) is 0. The van der Waals surface area contributed by atoms with E-state index in [4.69, 9.17) is 0 Å². The van der Waals surface area contributed by atoms with Gasteiger partial charge in [-0.1, -0.05) is 6.08 Å². The molecule has 0 spiro atoms. The Bertz CT molecular complexity index is 214. The van der Waals surface area contributed by atoms with E-state index in [1.165, 1.54) is 13.0 Å². The standard InChI is InChI=1S/C9H12O3/c1-8(5-6-10)4-3-7-12-9(2)11/h3-6H,7H2,1-2H3. The number of hydrogen-bond acceptors (Lipinski definition) is 3. The zero-order valence-corrected chi connectivity index (χ0v) is 7.24. The Morgan fingerprint density at radius 2 is 2.08 bits per heavy atom. The summed E-state index contributed by atoms with van der Waals surface area (Å²) in [6.07, 6.45) is 5.55. The Kier molecular flexibility index (Phi) is 5.61. The third kappa shape index (κ3) is 6.74. The van der Waals surface area contributed by atoms with Crippen LogP contribution < -0.4 is 0 Å². The molecule has 0 aliphatic carbocycles. The Morgan fingerprint density at radius 3 is 2.58 bits per heavy atom. The largest absolute Gasteiger partial charge is 0.462 e. The molecule has 0 fully saturated rings. The summed E-state index contributed by atoms with van der Waals surface area (Å²) in [7, 11) is 0. The van der Waals surface area contributed by atoms with Crippen LogP contribution >= 0.6 is 0 Å². The second-order valence-corrected chi connectivity index (χ2v) is 2.25. The summed E-state index contributed by atoms with van der Waals surface area (Å²) in [5, 5.41) is 0. The molecule has 0 aromatic heterocycles. The molecule has 0 heterocycles. The highest BCUT2D eigenvalue weighted by molar-refractivity contribution is 5.67. The van der Waals surface area contributed by atoms with Crippen LogP contribution in [0.4, 0.5) is 0 Å². The van der Waals surface area contributed by atoms with Gasteiger partial charge in [0.1, 0.15) is 12.9 Å². The summed E-state index contributed by atoms with van der Waals surface area (Å²) in [6.45, 7) is 3.39. The smallest absolute Gasteiger partial charge is 0.302 e. The lowest BCUT2D eigenvalue weighted by molar-refractivity contribution is -0.139. The van der Waals surface area contributed by atoms with Crippen molar-refractivity contribution in [2.45, 2.75) is 13.8 Å². The maximum Gasteiger partial charge on any atom is 0.302 e. The molecule has 0 N–H and O–H groups in total. The predicted molar refractivity (Wildman–Crippen MR) is 45.6 cm³/mol. The Morgan fingerprint density at radius 1 is 1.42 bits per heavy atom. The van der Waals surface area contributed by atoms with E-state index < -0.39 is 0 Å². The molecule has 0 aliphatic rings. The zero-order chi connectivity index (χ0) is 9.40. The molecule has 0 aromatic rings. The molecular weight excluding hydrogens is 156 g/mol. The molecule has 0 aliphatic heterocycles. The number of carbonyl (C=O) groups is 2. The summed E-state index contributed by atoms with van der Waals surface area (Å²) >= 11 is 0. The number of aldehydes is 1. The van der Waals surface area contributed by atoms with E-state index >= 15 is 0 Å². The van der Waals surface area contributed by atoms with E-state index in [0.717, 1.165) is 5.57 Å². The van der Waals surface area contributed by atoms with Crippen LogP contribution in [0.2, 0.25) is 0 Å². The van der Waals surface area contributed by atoms with Crippen molar-refractivity contribution in [3.63, 3.8) is 0 Å². The van der Waals surface area contributed by atoms with Gasteiger partial charge in [0.05, 0.1) is 0 Å². The van der Waals surface area contributed by atoms with Gasteiger partial charge < -0.3 is 4.74 Å². The van der Waals surface area contributed by atoms with E-state index in [0.29, 0.717) is 6.29 Å². The van der Waals surface area contributed by atoms with Crippen LogP contribution in [0.15, 0.2) is 23.8 Å². The van der Waals surface area contributed by atoms with Crippen LogP contribution in [-0.4, -0.2) is 18.9 Å². The SMILES string of the molecule is CC(=O)OCC=CC(C)=CC=O. The van der Waals surface area contributed by atoms with Crippen LogP contribution in [0, 0.1) is 0 Å². The quantitative estimate of drug-likeness (QED) is 0.274. The molecule has 66 valence electrons. The van der Waals surface area contributed by atoms with E-state index in [-0.39, 0.29) is 12.6 Å². The lowest BCUT2D eigenvalue weighted by Gasteiger charge is -1.94. The Balaban J connectivity index is 3.68. The van der Waals surface area contributed by atoms with Gasteiger partial charge in [-0.05, 0) is 24.6 Å². The number of ether oxygens (including phenoxy) is 1. The van der Waals surface area contributed by atoms with Crippen LogP contribution in [0.25, 0.3) is 0 Å². The second kappa shape index (κ2) is 6.34. The monoisotopic (exact) mass is 168 g/mol. The van der Waals surface area contributed by atoms with Gasteiger partial charge in [0.25, 0.3) is 0 Å². The van der Waals surface area contributed by atoms with Gasteiger partial charge in [0, 0.05) is 6.92 Å². The van der Waals surface area contributed by atoms with Crippen molar-refractivity contribution in [2.24, 2.45) is 0 Å². The summed E-state index contributed by atoms with van der Waals surface area (Å²) in [5.41, 5.74) is 0.831. The van der Waals surface area contributed by atoms with Crippen molar-refractivity contribution in [1.29, 1.82) is 0 Å². The molecule has 0 saturated carbocycles. The molecule has 0 radical (unpaired) electrons. The molecular formula is C9H12O3. The average molecular weight is 168 g/mol. The lowest BCUT2D eigenvalue weighted by Crippen LogP contribution is -1.97. The van der Waals surface area contributed by atoms with E-state index in [2.05, 4.69) is 4.74 Å². The van der Waals surface area contributed by atoms with Crippen molar-refractivity contribution < 1.29 is 14.3 Å². The van der Waals surface area contributed by atoms with Crippen molar-refractivity contribution in [2.75, 3.05) is 6.61 Å². The van der Waals surface area contributed by atoms with Gasteiger partial charge in [0.15, 0.2) is 0 Å². The molecule has 0 rings (SSSR count). The molecule has 3 nitrogen and oxygen atoms in total. The minimum atomic E-state index is -0.309. The Hall–Kier alpha value is -1.38. The molecule has 0 atom stereocenters. The number of esters is 1. The van der Waals surface area contributed by atoms with Gasteiger partial charge in [-0.25, -0.2) is 0 Å². The third-order valence-corrected chi connectivity index (χ3v) is 1.09. The average Bonchev–Trinajstić information content (AvgIpc) is 1.98. The van der Waals surface area contributed by atoms with Crippen LogP contribution in [0.5, 0.6) is 0 Å². The summed E-state index contributed by atoms with van der Waals surface area (Å²) in [6, 6.07) is 0. The normalized spacial score (nSPS) is 11.7. The topological polar surface area (TPSA) is 43.4 Å². The van der Waals surface area contributed by atoms with E-state index in [1.807, 2.05) is 0 Å². The number of rotatable bonds is 4. The molecule has 0 unspecified atom stereocenters. The molecule has 0 bridgehead atoms. The fourth-order valence-corrected chi connectivity index (χ4v) is 0.562. The molecule has 0 aromatic carbocycles. The summed E-state index contributed by atoms with van der Waals surface area (Å²) < 4.78 is 4.63. The third-order valence-electron chi connectivity index (χ3n) is 1.09. The van der Waals surface area contributed by atoms with Gasteiger partial charge in [-0.2, -0.15) is 0 Å². The Labute approximate surface area is 71.7 Å². The van der Waals surface area contributed by atoms with Gasteiger partial charge >= 0.3 is 5.97 Å². The zero-order valence-electron chi connectivity index (χ0n) is 7.24. The highest BCUT2D eigenvalue weighted by Crippen LogP contribution is 1.92. The summed E-state index contributed by atoms with van der Waals surface area (Å²) in [5.74, 6) is -0.309. The number of allylic oxidation sites excluding steroid dienone is 3. The minimum absolute atomic E-state index is 0.249. The summed E-state index contributed by atoms with van der Waals surface area (Å²) in [4.78, 5) is 20.2. The van der Waals surface area contributed by atoms with Crippen LogP contribution in [0.1, 0.15) is 13.8 Å². The minimum Gasteiger partial charge on any atom is -0.462 e. The van der Waals surface area contributed by atoms with Crippen molar-refractivity contribution in [3.8, 4) is 0 Å². The van der Waals surface area contributed by atoms with Crippen LogP contribution in [0.3, 0.4) is 0 Å².